The summed E-state index contributed by atoms with van der Waals surface area (Å²) in [5.41, 5.74) is 7.10. The summed E-state index contributed by atoms with van der Waals surface area (Å²) in [6, 6.07) is 5.60. The maximum atomic E-state index is 12.7. The van der Waals surface area contributed by atoms with Gasteiger partial charge in [0.2, 0.25) is 5.91 Å². The number of benzene rings is 1. The highest BCUT2D eigenvalue weighted by Crippen LogP contribution is 2.31. The first kappa shape index (κ1) is 30.2. The number of carbonyl (C=O) groups is 1. The molecule has 0 bridgehead atoms. The van der Waals surface area contributed by atoms with Crippen molar-refractivity contribution in [3.63, 3.8) is 0 Å². The number of methoxy groups -OCH3 is 2. The Labute approximate surface area is 206 Å². The smallest absolute Gasteiger partial charge is 0.228 e. The highest BCUT2D eigenvalue weighted by molar-refractivity contribution is 5.81. The minimum absolute atomic E-state index is 0.0259. The average molecular weight is 481 g/mol. The average Bonchev–Trinajstić information content (AvgIpc) is 2.78. The topological polar surface area (TPSA) is 94.2 Å². The lowest BCUT2D eigenvalue weighted by Gasteiger charge is -2.33. The number of carbonyl (C=O) groups excluding carboxylic acids is 1. The fraction of sp³-hybridized carbons (Fsp3) is 0.741. The van der Waals surface area contributed by atoms with Gasteiger partial charge in [-0.2, -0.15) is 0 Å². The first-order valence-electron chi connectivity index (χ1n) is 12.5. The van der Waals surface area contributed by atoms with E-state index in [0.29, 0.717) is 37.8 Å². The van der Waals surface area contributed by atoms with E-state index in [9.17, 15) is 9.90 Å². The summed E-state index contributed by atoms with van der Waals surface area (Å²) in [5.74, 6) is 2.11. The number of aliphatic hydroxyl groups is 1. The van der Waals surface area contributed by atoms with Crippen molar-refractivity contribution in [2.75, 3.05) is 40.5 Å². The van der Waals surface area contributed by atoms with Gasteiger partial charge in [0.05, 0.1) is 19.8 Å². The number of likely N-dealkylation sites (N-methyl/N-ethyl adjacent to an activating group) is 1. The molecule has 0 saturated carbocycles. The molecule has 7 heteroatoms. The van der Waals surface area contributed by atoms with Crippen molar-refractivity contribution in [2.24, 2.45) is 23.0 Å². The molecule has 0 heterocycles. The predicted molar refractivity (Wildman–Crippen MR) is 137 cm³/mol. The summed E-state index contributed by atoms with van der Waals surface area (Å²) < 4.78 is 16.5. The molecular weight excluding hydrogens is 432 g/mol. The SMILES string of the molecule is CCN(C[C@H](O)[C@@H](N)C[C@H](Cc1ccc(OC)c(OCCCOC)c1)C(C)C)C(=O)C(C)(C)C. The zero-order chi connectivity index (χ0) is 25.9. The Kier molecular flexibility index (Phi) is 12.9. The summed E-state index contributed by atoms with van der Waals surface area (Å²) >= 11 is 0. The van der Waals surface area contributed by atoms with Gasteiger partial charge in [0.25, 0.3) is 0 Å². The van der Waals surface area contributed by atoms with Crippen LogP contribution in [0.2, 0.25) is 0 Å². The molecule has 1 amide bonds. The molecule has 0 aliphatic carbocycles. The van der Waals surface area contributed by atoms with Gasteiger partial charge in [-0.1, -0.05) is 40.7 Å². The second-order valence-corrected chi connectivity index (χ2v) is 10.4. The molecule has 0 spiro atoms. The molecule has 3 atom stereocenters. The Bertz CT molecular complexity index is 732. The molecule has 0 aliphatic rings. The molecule has 7 nitrogen and oxygen atoms in total. The lowest BCUT2D eigenvalue weighted by Crippen LogP contribution is -2.49. The second-order valence-electron chi connectivity index (χ2n) is 10.4. The van der Waals surface area contributed by atoms with Crippen molar-refractivity contribution in [1.29, 1.82) is 0 Å². The third-order valence-electron chi connectivity index (χ3n) is 6.21. The summed E-state index contributed by atoms with van der Waals surface area (Å²) in [5, 5.41) is 10.8. The van der Waals surface area contributed by atoms with E-state index in [1.807, 2.05) is 39.8 Å². The van der Waals surface area contributed by atoms with Crippen molar-refractivity contribution in [1.82, 2.24) is 4.90 Å². The molecule has 196 valence electrons. The number of ether oxygens (including phenoxy) is 3. The number of hydrogen-bond donors (Lipinski definition) is 2. The molecule has 0 fully saturated rings. The van der Waals surface area contributed by atoms with Gasteiger partial charge in [0.15, 0.2) is 11.5 Å². The Morgan fingerprint density at radius 1 is 1.15 bits per heavy atom. The fourth-order valence-corrected chi connectivity index (χ4v) is 3.94. The number of amides is 1. The third kappa shape index (κ3) is 9.80. The molecule has 0 saturated heterocycles. The lowest BCUT2D eigenvalue weighted by atomic mass is 9.83. The maximum Gasteiger partial charge on any atom is 0.228 e. The summed E-state index contributed by atoms with van der Waals surface area (Å²) in [6.07, 6.45) is 1.51. The van der Waals surface area contributed by atoms with Crippen LogP contribution in [0.1, 0.15) is 59.9 Å². The number of hydrogen-bond acceptors (Lipinski definition) is 6. The van der Waals surface area contributed by atoms with E-state index in [2.05, 4.69) is 19.9 Å². The molecule has 3 N–H and O–H groups in total. The van der Waals surface area contributed by atoms with Gasteiger partial charge in [-0.3, -0.25) is 4.79 Å². The number of nitrogens with zero attached hydrogens (tertiary/aromatic N) is 1. The van der Waals surface area contributed by atoms with Gasteiger partial charge < -0.3 is 30.0 Å². The van der Waals surface area contributed by atoms with Gasteiger partial charge in [-0.25, -0.2) is 0 Å². The molecular formula is C27H48N2O5. The van der Waals surface area contributed by atoms with Crippen LogP contribution in [-0.2, 0) is 16.0 Å². The Hall–Kier alpha value is -1.83. The molecule has 1 rings (SSSR count). The van der Waals surface area contributed by atoms with E-state index in [4.69, 9.17) is 19.9 Å². The minimum atomic E-state index is -0.775. The Balaban J connectivity index is 2.85. The van der Waals surface area contributed by atoms with Crippen molar-refractivity contribution in [3.05, 3.63) is 23.8 Å². The molecule has 0 aliphatic heterocycles. The van der Waals surface area contributed by atoms with E-state index in [0.717, 1.165) is 24.2 Å². The molecule has 1 aromatic rings. The van der Waals surface area contributed by atoms with Crippen LogP contribution in [0.3, 0.4) is 0 Å². The van der Waals surface area contributed by atoms with Crippen LogP contribution in [0.15, 0.2) is 18.2 Å². The normalized spacial score (nSPS) is 14.6. The Morgan fingerprint density at radius 3 is 2.35 bits per heavy atom. The summed E-state index contributed by atoms with van der Waals surface area (Å²) in [7, 11) is 3.31. The minimum Gasteiger partial charge on any atom is -0.493 e. The van der Waals surface area contributed by atoms with Crippen LogP contribution in [0.25, 0.3) is 0 Å². The second kappa shape index (κ2) is 14.5. The molecule has 0 unspecified atom stereocenters. The van der Waals surface area contributed by atoms with Crippen LogP contribution in [-0.4, -0.2) is 68.6 Å². The number of aliphatic hydroxyl groups excluding tert-OH is 1. The van der Waals surface area contributed by atoms with Crippen molar-refractivity contribution in [3.8, 4) is 11.5 Å². The van der Waals surface area contributed by atoms with E-state index >= 15 is 0 Å². The number of nitrogens with two attached hydrogens (primary N) is 1. The number of rotatable bonds is 15. The largest absolute Gasteiger partial charge is 0.493 e. The molecule has 0 radical (unpaired) electrons. The van der Waals surface area contributed by atoms with Crippen molar-refractivity contribution >= 4 is 5.91 Å². The van der Waals surface area contributed by atoms with Crippen LogP contribution in [0, 0.1) is 17.3 Å². The van der Waals surface area contributed by atoms with Crippen LogP contribution in [0.5, 0.6) is 11.5 Å². The maximum absolute atomic E-state index is 12.7. The van der Waals surface area contributed by atoms with Gasteiger partial charge >= 0.3 is 0 Å². The van der Waals surface area contributed by atoms with Gasteiger partial charge in [0, 0.05) is 44.7 Å². The van der Waals surface area contributed by atoms with E-state index < -0.39 is 17.6 Å². The monoisotopic (exact) mass is 480 g/mol. The van der Waals surface area contributed by atoms with Crippen molar-refractivity contribution in [2.45, 2.75) is 73.0 Å². The highest BCUT2D eigenvalue weighted by atomic mass is 16.5. The van der Waals surface area contributed by atoms with Crippen LogP contribution in [0.4, 0.5) is 0 Å². The van der Waals surface area contributed by atoms with Crippen LogP contribution < -0.4 is 15.2 Å². The fourth-order valence-electron chi connectivity index (χ4n) is 3.94. The lowest BCUT2D eigenvalue weighted by molar-refractivity contribution is -0.140. The zero-order valence-electron chi connectivity index (χ0n) is 22.6. The highest BCUT2D eigenvalue weighted by Gasteiger charge is 2.30. The summed E-state index contributed by atoms with van der Waals surface area (Å²) in [4.78, 5) is 14.4. The Morgan fingerprint density at radius 2 is 1.82 bits per heavy atom. The predicted octanol–water partition coefficient (Wildman–Crippen LogP) is 3.90. The standard InChI is InChI=1S/C27H48N2O5/c1-9-29(26(31)27(4,5)6)18-23(30)22(28)17-21(19(2)3)15-20-11-12-24(33-8)25(16-20)34-14-10-13-32-7/h11-12,16,19,21-23,30H,9-10,13-15,17-18,28H2,1-8H3/t21-,22-,23-/m0/s1. The molecule has 34 heavy (non-hydrogen) atoms. The zero-order valence-corrected chi connectivity index (χ0v) is 22.6. The quantitative estimate of drug-likeness (QED) is 0.370. The van der Waals surface area contributed by atoms with Gasteiger partial charge in [-0.05, 0) is 49.3 Å². The van der Waals surface area contributed by atoms with Gasteiger partial charge in [-0.15, -0.1) is 0 Å². The first-order chi connectivity index (χ1) is 15.9. The van der Waals surface area contributed by atoms with E-state index in [-0.39, 0.29) is 18.4 Å². The van der Waals surface area contributed by atoms with Crippen molar-refractivity contribution < 1.29 is 24.1 Å². The first-order valence-corrected chi connectivity index (χ1v) is 12.5. The molecule has 0 aromatic heterocycles. The van der Waals surface area contributed by atoms with E-state index in [1.54, 1.807) is 19.1 Å². The molecule has 1 aromatic carbocycles. The third-order valence-corrected chi connectivity index (χ3v) is 6.21. The van der Waals surface area contributed by atoms with Gasteiger partial charge in [0.1, 0.15) is 0 Å². The van der Waals surface area contributed by atoms with Crippen LogP contribution >= 0.6 is 0 Å². The summed E-state index contributed by atoms with van der Waals surface area (Å²) in [6.45, 7) is 14.0. The van der Waals surface area contributed by atoms with E-state index in [1.165, 1.54) is 0 Å².